The van der Waals surface area contributed by atoms with Crippen molar-refractivity contribution < 1.29 is 66.7 Å². The monoisotopic (exact) mass is 609 g/mol. The Morgan fingerprint density at radius 1 is 0.860 bits per heavy atom. The van der Waals surface area contributed by atoms with Crippen LogP contribution in [0, 0.1) is 0 Å². The third kappa shape index (κ3) is 10.1. The first kappa shape index (κ1) is 34.7. The second-order valence-corrected chi connectivity index (χ2v) is 9.39. The average Bonchev–Trinajstić information content (AvgIpc) is 2.90. The predicted molar refractivity (Wildman–Crippen MR) is 142 cm³/mol. The molecule has 0 aromatic heterocycles. The van der Waals surface area contributed by atoms with Crippen molar-refractivity contribution in [1.82, 2.24) is 5.32 Å². The molecule has 0 aliphatic carbocycles. The van der Waals surface area contributed by atoms with Gasteiger partial charge in [-0.2, -0.15) is 0 Å². The highest BCUT2D eigenvalue weighted by Crippen LogP contribution is 2.37. The van der Waals surface area contributed by atoms with Gasteiger partial charge in [0.15, 0.2) is 12.2 Å². The summed E-state index contributed by atoms with van der Waals surface area (Å²) in [6.07, 6.45) is -7.21. The van der Waals surface area contributed by atoms with Gasteiger partial charge in [-0.1, -0.05) is 18.2 Å². The minimum Gasteiger partial charge on any atom is -0.462 e. The molecule has 0 bridgehead atoms. The van der Waals surface area contributed by atoms with Crippen LogP contribution in [0.2, 0.25) is 0 Å². The van der Waals surface area contributed by atoms with Gasteiger partial charge in [-0.15, -0.1) is 0 Å². The number of benzene rings is 1. The van der Waals surface area contributed by atoms with Gasteiger partial charge in [0.1, 0.15) is 18.8 Å². The second-order valence-electron chi connectivity index (χ2n) is 9.39. The number of ether oxygens (including phenoxy) is 7. The molecular weight excluding hydrogens is 574 g/mol. The summed E-state index contributed by atoms with van der Waals surface area (Å²) in [5.74, 6) is -8.94. The Kier molecular flexibility index (Phi) is 12.6. The van der Waals surface area contributed by atoms with Crippen LogP contribution in [0.3, 0.4) is 0 Å². The minimum atomic E-state index is -2.58. The number of hydrogen-bond donors (Lipinski definition) is 1. The summed E-state index contributed by atoms with van der Waals surface area (Å²) in [7, 11) is 0. The van der Waals surface area contributed by atoms with Crippen LogP contribution in [0.25, 0.3) is 0 Å². The molecule has 1 aliphatic rings. The molecule has 1 saturated heterocycles. The summed E-state index contributed by atoms with van der Waals surface area (Å²) < 4.78 is 37.8. The quantitative estimate of drug-likeness (QED) is 0.257. The molecule has 0 spiro atoms. The average molecular weight is 610 g/mol. The van der Waals surface area contributed by atoms with Crippen molar-refractivity contribution >= 4 is 41.7 Å². The standard InChI is InChI=1S/C28H35NO14/c1-7-37-27(36)28(42-19(6)34)13-21(39-16(3)31)23(29-26(35)20-11-9-8-10-12-20)25(43-28)24(41-18(5)33)22(40-17(4)32)14-38-15(2)30/h8-12,21-25H,7,13-14H2,1-6H3,(H,29,35)/t21-,22+,23+,24+,25+,28+/m0/s1. The van der Waals surface area contributed by atoms with Crippen LogP contribution in [-0.4, -0.2) is 91.2 Å². The van der Waals surface area contributed by atoms with Crippen LogP contribution in [-0.2, 0) is 61.9 Å². The van der Waals surface area contributed by atoms with Crippen molar-refractivity contribution in [2.75, 3.05) is 13.2 Å². The first-order chi connectivity index (χ1) is 20.2. The minimum absolute atomic E-state index is 0.172. The molecular formula is C28H35NO14. The molecule has 1 amide bonds. The van der Waals surface area contributed by atoms with Crippen molar-refractivity contribution in [3.63, 3.8) is 0 Å². The van der Waals surface area contributed by atoms with Gasteiger partial charge in [-0.05, 0) is 19.1 Å². The number of carbonyl (C=O) groups is 7. The summed E-state index contributed by atoms with van der Waals surface area (Å²) >= 11 is 0. The van der Waals surface area contributed by atoms with E-state index in [-0.39, 0.29) is 12.2 Å². The van der Waals surface area contributed by atoms with Crippen LogP contribution in [0.1, 0.15) is 58.3 Å². The second kappa shape index (κ2) is 15.6. The molecule has 43 heavy (non-hydrogen) atoms. The van der Waals surface area contributed by atoms with Crippen LogP contribution >= 0.6 is 0 Å². The molecule has 0 unspecified atom stereocenters. The van der Waals surface area contributed by atoms with E-state index in [0.29, 0.717) is 0 Å². The Labute approximate surface area is 247 Å². The predicted octanol–water partition coefficient (Wildman–Crippen LogP) is 0.755. The lowest BCUT2D eigenvalue weighted by atomic mass is 9.87. The molecule has 1 heterocycles. The normalized spacial score (nSPS) is 22.5. The van der Waals surface area contributed by atoms with Crippen LogP contribution in [0.15, 0.2) is 30.3 Å². The van der Waals surface area contributed by atoms with E-state index < -0.39 is 91.0 Å². The van der Waals surface area contributed by atoms with Gasteiger partial charge in [0.05, 0.1) is 19.1 Å². The Morgan fingerprint density at radius 3 is 2.00 bits per heavy atom. The first-order valence-electron chi connectivity index (χ1n) is 13.2. The van der Waals surface area contributed by atoms with E-state index in [1.54, 1.807) is 18.2 Å². The highest BCUT2D eigenvalue weighted by atomic mass is 16.8. The van der Waals surface area contributed by atoms with E-state index in [1.807, 2.05) is 0 Å². The number of esters is 6. The highest BCUT2D eigenvalue weighted by molar-refractivity contribution is 5.94. The zero-order chi connectivity index (χ0) is 32.3. The molecule has 1 aromatic rings. The molecule has 6 atom stereocenters. The van der Waals surface area contributed by atoms with Crippen molar-refractivity contribution in [2.24, 2.45) is 0 Å². The number of rotatable bonds is 12. The molecule has 0 radical (unpaired) electrons. The number of nitrogens with one attached hydrogen (secondary N) is 1. The van der Waals surface area contributed by atoms with Crippen molar-refractivity contribution in [3.8, 4) is 0 Å². The van der Waals surface area contributed by atoms with Gasteiger partial charge < -0.3 is 38.5 Å². The number of hydrogen-bond acceptors (Lipinski definition) is 14. The van der Waals surface area contributed by atoms with Gasteiger partial charge in [-0.25, -0.2) is 4.79 Å². The Hall–Kier alpha value is -4.53. The largest absolute Gasteiger partial charge is 0.462 e. The molecule has 1 fully saturated rings. The van der Waals surface area contributed by atoms with Gasteiger partial charge in [0, 0.05) is 40.2 Å². The third-order valence-corrected chi connectivity index (χ3v) is 5.86. The molecule has 15 heteroatoms. The van der Waals surface area contributed by atoms with Gasteiger partial charge in [-0.3, -0.25) is 28.8 Å². The fraction of sp³-hybridized carbons (Fsp3) is 0.536. The van der Waals surface area contributed by atoms with E-state index in [4.69, 9.17) is 33.2 Å². The lowest BCUT2D eigenvalue weighted by Gasteiger charge is -2.48. The number of amides is 1. The fourth-order valence-electron chi connectivity index (χ4n) is 4.41. The molecule has 236 valence electrons. The van der Waals surface area contributed by atoms with Crippen molar-refractivity contribution in [1.29, 1.82) is 0 Å². The van der Waals surface area contributed by atoms with Crippen molar-refractivity contribution in [2.45, 2.75) is 84.2 Å². The highest BCUT2D eigenvalue weighted by Gasteiger charge is 2.60. The van der Waals surface area contributed by atoms with Gasteiger partial charge in [0.2, 0.25) is 0 Å². The summed E-state index contributed by atoms with van der Waals surface area (Å²) in [6, 6.07) is 6.40. The lowest BCUT2D eigenvalue weighted by molar-refractivity contribution is -0.304. The van der Waals surface area contributed by atoms with Crippen LogP contribution in [0.5, 0.6) is 0 Å². The molecule has 0 saturated carbocycles. The molecule has 1 aliphatic heterocycles. The van der Waals surface area contributed by atoms with Crippen LogP contribution < -0.4 is 5.32 Å². The zero-order valence-corrected chi connectivity index (χ0v) is 24.6. The van der Waals surface area contributed by atoms with E-state index in [0.717, 1.165) is 34.6 Å². The summed E-state index contributed by atoms with van der Waals surface area (Å²) in [4.78, 5) is 87.1. The van der Waals surface area contributed by atoms with E-state index in [1.165, 1.54) is 19.1 Å². The van der Waals surface area contributed by atoms with Gasteiger partial charge in [0.25, 0.3) is 5.91 Å². The summed E-state index contributed by atoms with van der Waals surface area (Å²) in [6.45, 7) is 5.80. The Balaban J connectivity index is 2.80. The SMILES string of the molecule is CCOC(=O)[C@@]1(OC(C)=O)C[C@H](OC(C)=O)[C@@H](NC(=O)c2ccccc2)[C@H]([C@H](OC(C)=O)[C@@H](COC(C)=O)OC(C)=O)O1. The third-order valence-electron chi connectivity index (χ3n) is 5.86. The van der Waals surface area contributed by atoms with Gasteiger partial charge >= 0.3 is 41.6 Å². The molecule has 1 N–H and O–H groups in total. The Bertz CT molecular complexity index is 1200. The number of carbonyl (C=O) groups excluding carboxylic acids is 7. The van der Waals surface area contributed by atoms with E-state index in [2.05, 4.69) is 5.32 Å². The molecule has 1 aromatic carbocycles. The lowest BCUT2D eigenvalue weighted by Crippen LogP contribution is -2.69. The van der Waals surface area contributed by atoms with Crippen LogP contribution in [0.4, 0.5) is 0 Å². The maximum absolute atomic E-state index is 13.3. The molecule has 15 nitrogen and oxygen atoms in total. The summed E-state index contributed by atoms with van der Waals surface area (Å²) in [5, 5.41) is 2.66. The topological polar surface area (TPSA) is 196 Å². The Morgan fingerprint density at radius 2 is 1.49 bits per heavy atom. The smallest absolute Gasteiger partial charge is 0.379 e. The summed E-state index contributed by atoms with van der Waals surface area (Å²) in [5.41, 5.74) is 0.172. The maximum atomic E-state index is 13.3. The maximum Gasteiger partial charge on any atom is 0.379 e. The fourth-order valence-corrected chi connectivity index (χ4v) is 4.41. The van der Waals surface area contributed by atoms with Crippen molar-refractivity contribution in [3.05, 3.63) is 35.9 Å². The van der Waals surface area contributed by atoms with E-state index in [9.17, 15) is 33.6 Å². The molecule has 2 rings (SSSR count). The van der Waals surface area contributed by atoms with E-state index >= 15 is 0 Å². The zero-order valence-electron chi connectivity index (χ0n) is 24.6. The first-order valence-corrected chi connectivity index (χ1v) is 13.2.